The Bertz CT molecular complexity index is 597. The summed E-state index contributed by atoms with van der Waals surface area (Å²) in [5.41, 5.74) is 1.41. The van der Waals surface area contributed by atoms with Crippen LogP contribution in [0.25, 0.3) is 11.1 Å². The van der Waals surface area contributed by atoms with E-state index in [4.69, 9.17) is 9.84 Å². The number of phenols is 2. The molecule has 5 heteroatoms. The van der Waals surface area contributed by atoms with Crippen molar-refractivity contribution in [3.05, 3.63) is 48.0 Å². The Morgan fingerprint density at radius 2 is 1.62 bits per heavy atom. The molecule has 1 atom stereocenters. The van der Waals surface area contributed by atoms with E-state index in [1.54, 1.807) is 30.3 Å². The van der Waals surface area contributed by atoms with E-state index in [9.17, 15) is 15.3 Å². The third-order valence-corrected chi connectivity index (χ3v) is 3.17. The lowest BCUT2D eigenvalue weighted by molar-refractivity contribution is -0.00451. The smallest absolute Gasteiger partial charge is 0.123 e. The minimum atomic E-state index is -0.696. The van der Waals surface area contributed by atoms with Crippen LogP contribution in [0, 0.1) is 0 Å². The molecular formula is C16H18O5. The first-order valence-electron chi connectivity index (χ1n) is 6.62. The van der Waals surface area contributed by atoms with Gasteiger partial charge < -0.3 is 25.2 Å². The van der Waals surface area contributed by atoms with Crippen molar-refractivity contribution in [2.45, 2.75) is 6.10 Å². The molecule has 2 rings (SSSR count). The number of aliphatic hydroxyl groups is 2. The van der Waals surface area contributed by atoms with Gasteiger partial charge in [-0.05, 0) is 17.7 Å². The van der Waals surface area contributed by atoms with E-state index in [1.165, 1.54) is 12.1 Å². The molecule has 0 radical (unpaired) electrons. The highest BCUT2D eigenvalue weighted by Crippen LogP contribution is 2.40. The van der Waals surface area contributed by atoms with Gasteiger partial charge in [-0.15, -0.1) is 0 Å². The molecule has 0 saturated carbocycles. The van der Waals surface area contributed by atoms with Crippen molar-refractivity contribution >= 4 is 0 Å². The van der Waals surface area contributed by atoms with Crippen LogP contribution in [-0.4, -0.2) is 40.2 Å². The fourth-order valence-electron chi connectivity index (χ4n) is 2.24. The van der Waals surface area contributed by atoms with Crippen LogP contribution < -0.4 is 0 Å². The molecule has 21 heavy (non-hydrogen) atoms. The summed E-state index contributed by atoms with van der Waals surface area (Å²) in [6, 6.07) is 11.5. The number of phenolic OH excluding ortho intramolecular Hbond substituents is 2. The van der Waals surface area contributed by atoms with Gasteiger partial charge in [0, 0.05) is 11.1 Å². The summed E-state index contributed by atoms with van der Waals surface area (Å²) in [4.78, 5) is 0. The number of ether oxygens (including phenoxy) is 1. The van der Waals surface area contributed by atoms with Gasteiger partial charge in [0.2, 0.25) is 0 Å². The lowest BCUT2D eigenvalue weighted by Crippen LogP contribution is -2.13. The van der Waals surface area contributed by atoms with Crippen molar-refractivity contribution in [1.29, 1.82) is 0 Å². The molecule has 5 nitrogen and oxygen atoms in total. The van der Waals surface area contributed by atoms with Crippen molar-refractivity contribution in [3.63, 3.8) is 0 Å². The van der Waals surface area contributed by atoms with Crippen LogP contribution in [0.5, 0.6) is 11.5 Å². The van der Waals surface area contributed by atoms with Crippen molar-refractivity contribution in [2.24, 2.45) is 0 Å². The van der Waals surface area contributed by atoms with Gasteiger partial charge in [0.25, 0.3) is 0 Å². The fourth-order valence-corrected chi connectivity index (χ4v) is 2.24. The van der Waals surface area contributed by atoms with E-state index in [-0.39, 0.29) is 31.3 Å². The van der Waals surface area contributed by atoms with E-state index in [1.807, 2.05) is 0 Å². The molecule has 0 heterocycles. The maximum atomic E-state index is 10.1. The van der Waals surface area contributed by atoms with E-state index in [0.717, 1.165) is 0 Å². The molecule has 112 valence electrons. The molecule has 0 aromatic heterocycles. The van der Waals surface area contributed by atoms with Gasteiger partial charge in [-0.2, -0.15) is 0 Å². The highest BCUT2D eigenvalue weighted by atomic mass is 16.5. The molecule has 0 amide bonds. The van der Waals surface area contributed by atoms with Crippen LogP contribution in [0.1, 0.15) is 11.7 Å². The Morgan fingerprint density at radius 3 is 2.29 bits per heavy atom. The summed E-state index contributed by atoms with van der Waals surface area (Å²) in [6.45, 7) is -0.396. The second-order valence-corrected chi connectivity index (χ2v) is 4.52. The van der Waals surface area contributed by atoms with E-state index in [0.29, 0.717) is 16.7 Å². The molecule has 0 spiro atoms. The quantitative estimate of drug-likeness (QED) is 0.651. The number of para-hydroxylation sites is 1. The molecule has 0 bridgehead atoms. The number of aromatic hydroxyl groups is 2. The standard InChI is InChI=1S/C16H18O5/c17-8-9-21-15(10-18)12-5-3-7-14(20)16(12)11-4-1-2-6-13(11)19/h1-7,15,17-20H,8-10H2. The summed E-state index contributed by atoms with van der Waals surface area (Å²) in [6.07, 6.45) is -0.696. The summed E-state index contributed by atoms with van der Waals surface area (Å²) < 4.78 is 5.39. The fraction of sp³-hybridized carbons (Fsp3) is 0.250. The van der Waals surface area contributed by atoms with E-state index < -0.39 is 6.10 Å². The van der Waals surface area contributed by atoms with Crippen LogP contribution in [0.2, 0.25) is 0 Å². The molecular weight excluding hydrogens is 272 g/mol. The van der Waals surface area contributed by atoms with Gasteiger partial charge in [-0.25, -0.2) is 0 Å². The summed E-state index contributed by atoms with van der Waals surface area (Å²) in [5, 5.41) is 38.5. The molecule has 0 aliphatic rings. The number of hydrogen-bond donors (Lipinski definition) is 4. The molecule has 4 N–H and O–H groups in total. The molecule has 1 unspecified atom stereocenters. The van der Waals surface area contributed by atoms with Crippen LogP contribution in [-0.2, 0) is 4.74 Å². The Kier molecular flexibility index (Phi) is 5.16. The van der Waals surface area contributed by atoms with Crippen LogP contribution in [0.3, 0.4) is 0 Å². The molecule has 0 aliphatic heterocycles. The molecule has 2 aromatic rings. The van der Waals surface area contributed by atoms with Crippen molar-refractivity contribution in [3.8, 4) is 22.6 Å². The van der Waals surface area contributed by atoms with Crippen LogP contribution >= 0.6 is 0 Å². The predicted molar refractivity (Wildman–Crippen MR) is 78.1 cm³/mol. The van der Waals surface area contributed by atoms with Crippen molar-refractivity contribution in [2.75, 3.05) is 19.8 Å². The van der Waals surface area contributed by atoms with Crippen molar-refractivity contribution < 1.29 is 25.2 Å². The van der Waals surface area contributed by atoms with Gasteiger partial charge in [0.1, 0.15) is 17.6 Å². The van der Waals surface area contributed by atoms with Crippen LogP contribution in [0.15, 0.2) is 42.5 Å². The van der Waals surface area contributed by atoms with Crippen molar-refractivity contribution in [1.82, 2.24) is 0 Å². The average Bonchev–Trinajstić information content (AvgIpc) is 2.49. The molecule has 0 saturated heterocycles. The highest BCUT2D eigenvalue weighted by molar-refractivity contribution is 5.78. The molecule has 2 aromatic carbocycles. The van der Waals surface area contributed by atoms with Gasteiger partial charge in [0.05, 0.1) is 19.8 Å². The second kappa shape index (κ2) is 7.08. The van der Waals surface area contributed by atoms with Gasteiger partial charge in [0.15, 0.2) is 0 Å². The first-order valence-corrected chi connectivity index (χ1v) is 6.62. The second-order valence-electron chi connectivity index (χ2n) is 4.52. The zero-order chi connectivity index (χ0) is 15.2. The number of hydrogen-bond acceptors (Lipinski definition) is 5. The Hall–Kier alpha value is -2.08. The number of aliphatic hydroxyl groups excluding tert-OH is 2. The number of benzene rings is 2. The van der Waals surface area contributed by atoms with Gasteiger partial charge in [-0.1, -0.05) is 30.3 Å². The third kappa shape index (κ3) is 3.33. The maximum absolute atomic E-state index is 10.1. The zero-order valence-electron chi connectivity index (χ0n) is 11.4. The van der Waals surface area contributed by atoms with E-state index in [2.05, 4.69) is 0 Å². The SMILES string of the molecule is OCCOC(CO)c1cccc(O)c1-c1ccccc1O. The topological polar surface area (TPSA) is 90.2 Å². The van der Waals surface area contributed by atoms with Gasteiger partial charge >= 0.3 is 0 Å². The summed E-state index contributed by atoms with van der Waals surface area (Å²) in [5.74, 6) is 0.0131. The Balaban J connectivity index is 2.52. The Morgan fingerprint density at radius 1 is 0.905 bits per heavy atom. The molecule has 0 fully saturated rings. The third-order valence-electron chi connectivity index (χ3n) is 3.17. The Labute approximate surface area is 122 Å². The predicted octanol–water partition coefficient (Wildman–Crippen LogP) is 1.81. The lowest BCUT2D eigenvalue weighted by atomic mass is 9.94. The largest absolute Gasteiger partial charge is 0.507 e. The zero-order valence-corrected chi connectivity index (χ0v) is 11.4. The normalized spacial score (nSPS) is 12.3. The summed E-state index contributed by atoms with van der Waals surface area (Å²) in [7, 11) is 0. The average molecular weight is 290 g/mol. The molecule has 0 aliphatic carbocycles. The summed E-state index contributed by atoms with van der Waals surface area (Å²) >= 11 is 0. The first kappa shape index (κ1) is 15.3. The minimum absolute atomic E-state index is 0.0138. The minimum Gasteiger partial charge on any atom is -0.507 e. The van der Waals surface area contributed by atoms with Gasteiger partial charge in [-0.3, -0.25) is 0 Å². The van der Waals surface area contributed by atoms with E-state index >= 15 is 0 Å². The first-order chi connectivity index (χ1) is 10.2. The monoisotopic (exact) mass is 290 g/mol. The number of rotatable bonds is 6. The maximum Gasteiger partial charge on any atom is 0.123 e. The lowest BCUT2D eigenvalue weighted by Gasteiger charge is -2.20. The van der Waals surface area contributed by atoms with Crippen LogP contribution in [0.4, 0.5) is 0 Å². The highest BCUT2D eigenvalue weighted by Gasteiger charge is 2.20.